The minimum Gasteiger partial charge on any atom is -0.300 e. The number of halogens is 1. The monoisotopic (exact) mass is 345 g/mol. The standard InChI is InChI=1S/C22H20FN3/c1-15(2)11-18-3-4-19(12-20(18)23)21-14-25-22-13-17(7-10-26(21)22)16-5-8-24-9-6-16/h3-10,12-15H,11H2,1-2H3. The lowest BCUT2D eigenvalue weighted by atomic mass is 10.0. The molecule has 0 unspecified atom stereocenters. The highest BCUT2D eigenvalue weighted by molar-refractivity contribution is 5.70. The minimum absolute atomic E-state index is 0.153. The maximum absolute atomic E-state index is 14.5. The van der Waals surface area contributed by atoms with Crippen LogP contribution in [-0.2, 0) is 6.42 Å². The van der Waals surface area contributed by atoms with Gasteiger partial charge < -0.3 is 0 Å². The normalized spacial score (nSPS) is 11.4. The van der Waals surface area contributed by atoms with E-state index in [1.807, 2.05) is 47.0 Å². The van der Waals surface area contributed by atoms with Crippen molar-refractivity contribution >= 4 is 5.65 Å². The summed E-state index contributed by atoms with van der Waals surface area (Å²) in [6, 6.07) is 13.5. The van der Waals surface area contributed by atoms with Crippen LogP contribution >= 0.6 is 0 Å². The molecule has 26 heavy (non-hydrogen) atoms. The van der Waals surface area contributed by atoms with E-state index in [0.29, 0.717) is 5.92 Å². The molecular formula is C22H20FN3. The molecule has 3 heterocycles. The van der Waals surface area contributed by atoms with Crippen LogP contribution in [0.1, 0.15) is 19.4 Å². The number of fused-ring (bicyclic) bond motifs is 1. The molecule has 0 fully saturated rings. The highest BCUT2D eigenvalue weighted by Crippen LogP contribution is 2.26. The molecule has 0 saturated carbocycles. The summed E-state index contributed by atoms with van der Waals surface area (Å²) in [5.74, 6) is 0.275. The second kappa shape index (κ2) is 6.71. The molecule has 0 amide bonds. The molecule has 4 heteroatoms. The Morgan fingerprint density at radius 2 is 1.77 bits per heavy atom. The lowest BCUT2D eigenvalue weighted by Gasteiger charge is -2.09. The van der Waals surface area contributed by atoms with E-state index in [-0.39, 0.29) is 5.82 Å². The number of pyridine rings is 2. The lowest BCUT2D eigenvalue weighted by molar-refractivity contribution is 0.574. The quantitative estimate of drug-likeness (QED) is 0.496. The fraction of sp³-hybridized carbons (Fsp3) is 0.182. The van der Waals surface area contributed by atoms with Gasteiger partial charge in [-0.1, -0.05) is 26.0 Å². The molecule has 0 aliphatic heterocycles. The first-order chi connectivity index (χ1) is 12.6. The molecule has 0 saturated heterocycles. The maximum Gasteiger partial charge on any atom is 0.137 e. The first kappa shape index (κ1) is 16.5. The third kappa shape index (κ3) is 3.10. The van der Waals surface area contributed by atoms with E-state index in [1.54, 1.807) is 24.7 Å². The molecule has 4 aromatic rings. The van der Waals surface area contributed by atoms with Crippen molar-refractivity contribution in [3.05, 3.63) is 78.6 Å². The predicted octanol–water partition coefficient (Wildman–Crippen LogP) is 5.40. The Labute approximate surface area is 152 Å². The van der Waals surface area contributed by atoms with Crippen molar-refractivity contribution < 1.29 is 4.39 Å². The van der Waals surface area contributed by atoms with Gasteiger partial charge in [0.2, 0.25) is 0 Å². The van der Waals surface area contributed by atoms with Gasteiger partial charge in [-0.15, -0.1) is 0 Å². The molecule has 0 atom stereocenters. The summed E-state index contributed by atoms with van der Waals surface area (Å²) in [5, 5.41) is 0. The van der Waals surface area contributed by atoms with Crippen molar-refractivity contribution in [3.8, 4) is 22.4 Å². The molecule has 0 radical (unpaired) electrons. The Hall–Kier alpha value is -3.01. The van der Waals surface area contributed by atoms with Crippen LogP contribution in [-0.4, -0.2) is 14.4 Å². The van der Waals surface area contributed by atoms with Gasteiger partial charge in [-0.2, -0.15) is 0 Å². The van der Waals surface area contributed by atoms with Gasteiger partial charge in [0.05, 0.1) is 11.9 Å². The average molecular weight is 345 g/mol. The molecule has 0 spiro atoms. The SMILES string of the molecule is CC(C)Cc1ccc(-c2cnc3cc(-c4ccncc4)ccn23)cc1F. The molecule has 0 aliphatic carbocycles. The molecular weight excluding hydrogens is 325 g/mol. The summed E-state index contributed by atoms with van der Waals surface area (Å²) in [6.07, 6.45) is 8.07. The van der Waals surface area contributed by atoms with E-state index >= 15 is 0 Å². The average Bonchev–Trinajstić information content (AvgIpc) is 3.07. The van der Waals surface area contributed by atoms with Gasteiger partial charge in [0.25, 0.3) is 0 Å². The number of benzene rings is 1. The third-order valence-electron chi connectivity index (χ3n) is 4.50. The van der Waals surface area contributed by atoms with Crippen molar-refractivity contribution in [2.24, 2.45) is 5.92 Å². The molecule has 0 aliphatic rings. The Bertz CT molecular complexity index is 1050. The number of nitrogens with zero attached hydrogens (tertiary/aromatic N) is 3. The number of hydrogen-bond acceptors (Lipinski definition) is 2. The van der Waals surface area contributed by atoms with Crippen LogP contribution in [0.5, 0.6) is 0 Å². The summed E-state index contributed by atoms with van der Waals surface area (Å²) in [4.78, 5) is 8.56. The predicted molar refractivity (Wildman–Crippen MR) is 102 cm³/mol. The van der Waals surface area contributed by atoms with Gasteiger partial charge >= 0.3 is 0 Å². The summed E-state index contributed by atoms with van der Waals surface area (Å²) >= 11 is 0. The Morgan fingerprint density at radius 1 is 0.962 bits per heavy atom. The largest absolute Gasteiger partial charge is 0.300 e. The van der Waals surface area contributed by atoms with Crippen LogP contribution in [0.2, 0.25) is 0 Å². The second-order valence-electron chi connectivity index (χ2n) is 6.93. The smallest absolute Gasteiger partial charge is 0.137 e. The summed E-state index contributed by atoms with van der Waals surface area (Å²) in [6.45, 7) is 4.19. The lowest BCUT2D eigenvalue weighted by Crippen LogP contribution is -1.98. The van der Waals surface area contributed by atoms with E-state index in [1.165, 1.54) is 0 Å². The summed E-state index contributed by atoms with van der Waals surface area (Å²) in [7, 11) is 0. The second-order valence-corrected chi connectivity index (χ2v) is 6.93. The summed E-state index contributed by atoms with van der Waals surface area (Å²) < 4.78 is 16.4. The number of rotatable bonds is 4. The zero-order chi connectivity index (χ0) is 18.1. The highest BCUT2D eigenvalue weighted by atomic mass is 19.1. The fourth-order valence-electron chi connectivity index (χ4n) is 3.23. The Kier molecular flexibility index (Phi) is 4.25. The van der Waals surface area contributed by atoms with E-state index in [2.05, 4.69) is 23.8 Å². The van der Waals surface area contributed by atoms with Crippen molar-refractivity contribution in [2.45, 2.75) is 20.3 Å². The number of imidazole rings is 1. The zero-order valence-corrected chi connectivity index (χ0v) is 14.9. The van der Waals surface area contributed by atoms with Crippen LogP contribution in [0, 0.1) is 11.7 Å². The Morgan fingerprint density at radius 3 is 2.50 bits per heavy atom. The molecule has 3 nitrogen and oxygen atoms in total. The van der Waals surface area contributed by atoms with Crippen LogP contribution in [0.15, 0.2) is 67.3 Å². The van der Waals surface area contributed by atoms with Crippen LogP contribution in [0.4, 0.5) is 4.39 Å². The molecule has 3 aromatic heterocycles. The van der Waals surface area contributed by atoms with Gasteiger partial charge in [-0.3, -0.25) is 9.38 Å². The van der Waals surface area contributed by atoms with Crippen molar-refractivity contribution in [2.75, 3.05) is 0 Å². The molecule has 1 aromatic carbocycles. The van der Waals surface area contributed by atoms with E-state index < -0.39 is 0 Å². The first-order valence-electron chi connectivity index (χ1n) is 8.78. The zero-order valence-electron chi connectivity index (χ0n) is 14.9. The highest BCUT2D eigenvalue weighted by Gasteiger charge is 2.11. The molecule has 4 rings (SSSR count). The van der Waals surface area contributed by atoms with Gasteiger partial charge in [-0.05, 0) is 59.4 Å². The van der Waals surface area contributed by atoms with Crippen LogP contribution < -0.4 is 0 Å². The van der Waals surface area contributed by atoms with E-state index in [0.717, 1.165) is 40.0 Å². The molecule has 130 valence electrons. The fourth-order valence-corrected chi connectivity index (χ4v) is 3.23. The topological polar surface area (TPSA) is 30.2 Å². The Balaban J connectivity index is 1.73. The summed E-state index contributed by atoms with van der Waals surface area (Å²) in [5.41, 5.74) is 5.49. The molecule has 0 bridgehead atoms. The van der Waals surface area contributed by atoms with Gasteiger partial charge in [0.15, 0.2) is 0 Å². The number of hydrogen-bond donors (Lipinski definition) is 0. The van der Waals surface area contributed by atoms with Gasteiger partial charge in [0.1, 0.15) is 11.5 Å². The van der Waals surface area contributed by atoms with Crippen molar-refractivity contribution in [3.63, 3.8) is 0 Å². The van der Waals surface area contributed by atoms with Crippen LogP contribution in [0.3, 0.4) is 0 Å². The van der Waals surface area contributed by atoms with Gasteiger partial charge in [0, 0.05) is 24.2 Å². The van der Waals surface area contributed by atoms with Crippen LogP contribution in [0.25, 0.3) is 28.0 Å². The van der Waals surface area contributed by atoms with Crippen molar-refractivity contribution in [1.29, 1.82) is 0 Å². The third-order valence-corrected chi connectivity index (χ3v) is 4.50. The first-order valence-corrected chi connectivity index (χ1v) is 8.78. The maximum atomic E-state index is 14.5. The van der Waals surface area contributed by atoms with E-state index in [4.69, 9.17) is 0 Å². The van der Waals surface area contributed by atoms with Gasteiger partial charge in [-0.25, -0.2) is 9.37 Å². The number of aromatic nitrogens is 3. The molecule has 0 N–H and O–H groups in total. The van der Waals surface area contributed by atoms with Crippen molar-refractivity contribution in [1.82, 2.24) is 14.4 Å². The van der Waals surface area contributed by atoms with E-state index in [9.17, 15) is 4.39 Å². The minimum atomic E-state index is -0.153.